The number of halogens is 2. The monoisotopic (exact) mass is 296 g/mol. The van der Waals surface area contributed by atoms with Crippen molar-refractivity contribution in [2.24, 2.45) is 11.7 Å². The van der Waals surface area contributed by atoms with Gasteiger partial charge in [0.15, 0.2) is 0 Å². The summed E-state index contributed by atoms with van der Waals surface area (Å²) >= 11 is 5.74. The Morgan fingerprint density at radius 2 is 2.15 bits per heavy atom. The molecule has 6 heteroatoms. The van der Waals surface area contributed by atoms with Gasteiger partial charge < -0.3 is 5.73 Å². The van der Waals surface area contributed by atoms with Crippen molar-refractivity contribution in [1.82, 2.24) is 14.8 Å². The minimum Gasteiger partial charge on any atom is -0.323 e. The van der Waals surface area contributed by atoms with Gasteiger partial charge in [-0.25, -0.2) is 14.1 Å². The third-order valence-electron chi connectivity index (χ3n) is 3.00. The highest BCUT2D eigenvalue weighted by Gasteiger charge is 2.16. The van der Waals surface area contributed by atoms with Crippen LogP contribution >= 0.6 is 11.6 Å². The van der Waals surface area contributed by atoms with Gasteiger partial charge in [0.05, 0.1) is 0 Å². The molecule has 1 heterocycles. The van der Waals surface area contributed by atoms with Gasteiger partial charge in [-0.05, 0) is 18.1 Å². The van der Waals surface area contributed by atoms with Crippen LogP contribution in [0.2, 0.25) is 5.02 Å². The minimum atomic E-state index is -0.470. The van der Waals surface area contributed by atoms with E-state index in [0.717, 1.165) is 12.4 Å². The van der Waals surface area contributed by atoms with Crippen molar-refractivity contribution in [2.75, 3.05) is 0 Å². The third kappa shape index (κ3) is 3.55. The molecule has 0 bridgehead atoms. The van der Waals surface area contributed by atoms with E-state index in [1.165, 1.54) is 12.4 Å². The van der Waals surface area contributed by atoms with Crippen molar-refractivity contribution in [3.05, 3.63) is 46.8 Å². The van der Waals surface area contributed by atoms with Crippen LogP contribution in [-0.2, 0) is 13.0 Å². The van der Waals surface area contributed by atoms with Crippen molar-refractivity contribution < 1.29 is 4.39 Å². The highest BCUT2D eigenvalue weighted by atomic mass is 35.5. The molecule has 1 unspecified atom stereocenters. The summed E-state index contributed by atoms with van der Waals surface area (Å²) in [6, 6.07) is 4.06. The molecule has 0 aliphatic heterocycles. The summed E-state index contributed by atoms with van der Waals surface area (Å²) in [5.74, 6) is 0.833. The van der Waals surface area contributed by atoms with E-state index >= 15 is 0 Å². The van der Waals surface area contributed by atoms with Crippen LogP contribution in [0.15, 0.2) is 24.5 Å². The van der Waals surface area contributed by atoms with Crippen LogP contribution in [0.5, 0.6) is 0 Å². The number of nitrogens with zero attached hydrogens (tertiary/aromatic N) is 3. The Morgan fingerprint density at radius 1 is 1.40 bits per heavy atom. The third-order valence-corrected chi connectivity index (χ3v) is 3.23. The molecule has 0 aliphatic carbocycles. The van der Waals surface area contributed by atoms with Crippen LogP contribution in [0.1, 0.15) is 31.3 Å². The Bertz CT molecular complexity index is 582. The van der Waals surface area contributed by atoms with E-state index < -0.39 is 6.04 Å². The summed E-state index contributed by atoms with van der Waals surface area (Å²) < 4.78 is 15.7. The SMILES string of the molecule is CC(C)Cn1ncnc1CC(N)c1ccc(Cl)cc1F. The maximum Gasteiger partial charge on any atom is 0.138 e. The minimum absolute atomic E-state index is 0.362. The first kappa shape index (κ1) is 14.9. The molecule has 20 heavy (non-hydrogen) atoms. The van der Waals surface area contributed by atoms with Crippen LogP contribution in [0, 0.1) is 11.7 Å². The van der Waals surface area contributed by atoms with E-state index in [1.807, 2.05) is 4.68 Å². The summed E-state index contributed by atoms with van der Waals surface area (Å²) in [6.45, 7) is 4.97. The Balaban J connectivity index is 2.15. The molecule has 1 aromatic carbocycles. The molecule has 0 saturated carbocycles. The second kappa shape index (κ2) is 6.33. The fourth-order valence-electron chi connectivity index (χ4n) is 2.05. The van der Waals surface area contributed by atoms with E-state index in [2.05, 4.69) is 23.9 Å². The quantitative estimate of drug-likeness (QED) is 0.923. The van der Waals surface area contributed by atoms with Crippen molar-refractivity contribution in [3.8, 4) is 0 Å². The largest absolute Gasteiger partial charge is 0.323 e. The van der Waals surface area contributed by atoms with Crippen LogP contribution in [0.25, 0.3) is 0 Å². The zero-order valence-corrected chi connectivity index (χ0v) is 12.3. The Kier molecular flexibility index (Phi) is 4.73. The average molecular weight is 297 g/mol. The molecule has 1 atom stereocenters. The molecule has 0 saturated heterocycles. The number of hydrogen-bond acceptors (Lipinski definition) is 3. The summed E-state index contributed by atoms with van der Waals surface area (Å²) in [5.41, 5.74) is 6.51. The highest BCUT2D eigenvalue weighted by molar-refractivity contribution is 6.30. The van der Waals surface area contributed by atoms with E-state index in [9.17, 15) is 4.39 Å². The van der Waals surface area contributed by atoms with Crippen molar-refractivity contribution in [3.63, 3.8) is 0 Å². The summed E-state index contributed by atoms with van der Waals surface area (Å²) in [7, 11) is 0. The van der Waals surface area contributed by atoms with Gasteiger partial charge in [0, 0.05) is 29.6 Å². The summed E-state index contributed by atoms with van der Waals surface area (Å²) in [5, 5.41) is 4.54. The molecular formula is C14H18ClFN4. The number of aromatic nitrogens is 3. The topological polar surface area (TPSA) is 56.7 Å². The zero-order valence-electron chi connectivity index (χ0n) is 11.6. The molecule has 2 N–H and O–H groups in total. The van der Waals surface area contributed by atoms with Gasteiger partial charge in [-0.15, -0.1) is 0 Å². The van der Waals surface area contributed by atoms with Gasteiger partial charge in [-0.1, -0.05) is 31.5 Å². The average Bonchev–Trinajstić information content (AvgIpc) is 2.75. The first-order valence-electron chi connectivity index (χ1n) is 6.54. The lowest BCUT2D eigenvalue weighted by atomic mass is 10.0. The standard InChI is InChI=1S/C14H18ClFN4/c1-9(2)7-20-14(18-8-19-20)6-13(17)11-4-3-10(15)5-12(11)16/h3-5,8-9,13H,6-7,17H2,1-2H3. The highest BCUT2D eigenvalue weighted by Crippen LogP contribution is 2.21. The Labute approximate surface area is 122 Å². The predicted molar refractivity (Wildman–Crippen MR) is 76.9 cm³/mol. The second-order valence-corrected chi connectivity index (χ2v) is 5.67. The molecule has 0 fully saturated rings. The van der Waals surface area contributed by atoms with E-state index in [0.29, 0.717) is 22.9 Å². The van der Waals surface area contributed by atoms with Crippen LogP contribution in [0.3, 0.4) is 0 Å². The molecular weight excluding hydrogens is 279 g/mol. The lowest BCUT2D eigenvalue weighted by Crippen LogP contribution is -2.19. The van der Waals surface area contributed by atoms with Crippen molar-refractivity contribution in [1.29, 1.82) is 0 Å². The molecule has 0 radical (unpaired) electrons. The van der Waals surface area contributed by atoms with Crippen LogP contribution in [0.4, 0.5) is 4.39 Å². The van der Waals surface area contributed by atoms with Crippen molar-refractivity contribution >= 4 is 11.6 Å². The van der Waals surface area contributed by atoms with E-state index in [4.69, 9.17) is 17.3 Å². The van der Waals surface area contributed by atoms with Gasteiger partial charge in [0.2, 0.25) is 0 Å². The van der Waals surface area contributed by atoms with Gasteiger partial charge in [-0.2, -0.15) is 5.10 Å². The number of benzene rings is 1. The predicted octanol–water partition coefficient (Wildman–Crippen LogP) is 2.97. The molecule has 0 amide bonds. The number of rotatable bonds is 5. The van der Waals surface area contributed by atoms with Gasteiger partial charge in [-0.3, -0.25) is 0 Å². The fraction of sp³-hybridized carbons (Fsp3) is 0.429. The maximum atomic E-state index is 13.8. The molecule has 4 nitrogen and oxygen atoms in total. The zero-order chi connectivity index (χ0) is 14.7. The fourth-order valence-corrected chi connectivity index (χ4v) is 2.21. The Morgan fingerprint density at radius 3 is 2.80 bits per heavy atom. The first-order chi connectivity index (χ1) is 9.47. The van der Waals surface area contributed by atoms with Crippen LogP contribution < -0.4 is 5.73 Å². The smallest absolute Gasteiger partial charge is 0.138 e. The molecule has 0 spiro atoms. The molecule has 2 rings (SSSR count). The second-order valence-electron chi connectivity index (χ2n) is 5.23. The van der Waals surface area contributed by atoms with Crippen LogP contribution in [-0.4, -0.2) is 14.8 Å². The van der Waals surface area contributed by atoms with Gasteiger partial charge in [0.25, 0.3) is 0 Å². The summed E-state index contributed by atoms with van der Waals surface area (Å²) in [4.78, 5) is 4.21. The lowest BCUT2D eigenvalue weighted by molar-refractivity contribution is 0.457. The van der Waals surface area contributed by atoms with Gasteiger partial charge in [0.1, 0.15) is 18.0 Å². The number of hydrogen-bond donors (Lipinski definition) is 1. The summed E-state index contributed by atoms with van der Waals surface area (Å²) in [6.07, 6.45) is 1.94. The number of nitrogens with two attached hydrogens (primary N) is 1. The molecule has 2 aromatic rings. The molecule has 0 aliphatic rings. The first-order valence-corrected chi connectivity index (χ1v) is 6.92. The maximum absolute atomic E-state index is 13.8. The molecule has 1 aromatic heterocycles. The Hall–Kier alpha value is -1.46. The van der Waals surface area contributed by atoms with Crippen molar-refractivity contribution in [2.45, 2.75) is 32.9 Å². The normalized spacial score (nSPS) is 12.9. The lowest BCUT2D eigenvalue weighted by Gasteiger charge is -2.14. The van der Waals surface area contributed by atoms with E-state index in [1.54, 1.807) is 12.1 Å². The van der Waals surface area contributed by atoms with E-state index in [-0.39, 0.29) is 5.82 Å². The van der Waals surface area contributed by atoms with Gasteiger partial charge >= 0.3 is 0 Å². The molecule has 108 valence electrons.